The van der Waals surface area contributed by atoms with Crippen molar-refractivity contribution in [1.82, 2.24) is 0 Å². The summed E-state index contributed by atoms with van der Waals surface area (Å²) in [6, 6.07) is 6.79. The summed E-state index contributed by atoms with van der Waals surface area (Å²) in [6.07, 6.45) is -2.48. The van der Waals surface area contributed by atoms with Crippen LogP contribution in [-0.2, 0) is 0 Å². The van der Waals surface area contributed by atoms with Gasteiger partial charge in [-0.3, -0.25) is 0 Å². The Bertz CT molecular complexity index is 291. The lowest BCUT2D eigenvalue weighted by Crippen LogP contribution is -2.27. The standard InChI is InChI=1S/C10H13ClO3/c1-6(12)9(10(13)14)7-4-2-3-5-8(7)11/h2-6,9-10,12-14H,1H3/t6-,9+/m1/s1. The first-order valence-corrected chi connectivity index (χ1v) is 4.70. The highest BCUT2D eigenvalue weighted by Crippen LogP contribution is 2.28. The summed E-state index contributed by atoms with van der Waals surface area (Å²) in [4.78, 5) is 0. The van der Waals surface area contributed by atoms with E-state index in [1.54, 1.807) is 24.3 Å². The van der Waals surface area contributed by atoms with E-state index in [4.69, 9.17) is 21.8 Å². The Morgan fingerprint density at radius 1 is 1.14 bits per heavy atom. The third-order valence-corrected chi connectivity index (χ3v) is 2.45. The summed E-state index contributed by atoms with van der Waals surface area (Å²) in [5.41, 5.74) is 0.541. The summed E-state index contributed by atoms with van der Waals surface area (Å²) < 4.78 is 0. The minimum Gasteiger partial charge on any atom is -0.393 e. The van der Waals surface area contributed by atoms with Crippen LogP contribution in [0, 0.1) is 0 Å². The van der Waals surface area contributed by atoms with Crippen LogP contribution in [0.2, 0.25) is 5.02 Å². The van der Waals surface area contributed by atoms with Crippen LogP contribution in [0.25, 0.3) is 0 Å². The molecule has 0 aliphatic rings. The third kappa shape index (κ3) is 2.45. The van der Waals surface area contributed by atoms with Gasteiger partial charge in [0.2, 0.25) is 0 Å². The first-order valence-electron chi connectivity index (χ1n) is 4.32. The smallest absolute Gasteiger partial charge is 0.160 e. The lowest BCUT2D eigenvalue weighted by molar-refractivity contribution is -0.0857. The van der Waals surface area contributed by atoms with Gasteiger partial charge in [-0.25, -0.2) is 0 Å². The molecule has 0 radical (unpaired) electrons. The van der Waals surface area contributed by atoms with E-state index in [1.165, 1.54) is 6.92 Å². The highest BCUT2D eigenvalue weighted by atomic mass is 35.5. The van der Waals surface area contributed by atoms with Crippen molar-refractivity contribution in [3.63, 3.8) is 0 Å². The van der Waals surface area contributed by atoms with Crippen molar-refractivity contribution in [2.24, 2.45) is 0 Å². The Balaban J connectivity index is 3.05. The minimum absolute atomic E-state index is 0.423. The van der Waals surface area contributed by atoms with Gasteiger partial charge in [-0.1, -0.05) is 29.8 Å². The lowest BCUT2D eigenvalue weighted by atomic mass is 9.93. The molecule has 0 heterocycles. The molecule has 4 heteroatoms. The molecule has 3 N–H and O–H groups in total. The number of aliphatic hydroxyl groups is 3. The molecule has 1 aromatic carbocycles. The predicted octanol–water partition coefficient (Wildman–Crippen LogP) is 1.12. The molecule has 78 valence electrons. The predicted molar refractivity (Wildman–Crippen MR) is 54.1 cm³/mol. The van der Waals surface area contributed by atoms with Crippen LogP contribution in [0.4, 0.5) is 0 Å². The van der Waals surface area contributed by atoms with Gasteiger partial charge in [0.25, 0.3) is 0 Å². The molecule has 0 spiro atoms. The molecule has 0 aliphatic heterocycles. The number of hydrogen-bond donors (Lipinski definition) is 3. The van der Waals surface area contributed by atoms with E-state index in [1.807, 2.05) is 0 Å². The molecule has 0 aromatic heterocycles. The monoisotopic (exact) mass is 216 g/mol. The zero-order chi connectivity index (χ0) is 10.7. The van der Waals surface area contributed by atoms with Crippen molar-refractivity contribution in [1.29, 1.82) is 0 Å². The largest absolute Gasteiger partial charge is 0.393 e. The van der Waals surface area contributed by atoms with Gasteiger partial charge >= 0.3 is 0 Å². The summed E-state index contributed by atoms with van der Waals surface area (Å²) >= 11 is 5.87. The van der Waals surface area contributed by atoms with Gasteiger partial charge in [0.15, 0.2) is 6.29 Å². The van der Waals surface area contributed by atoms with E-state index in [2.05, 4.69) is 0 Å². The van der Waals surface area contributed by atoms with Gasteiger partial charge in [0.1, 0.15) is 0 Å². The number of rotatable bonds is 3. The van der Waals surface area contributed by atoms with Crippen LogP contribution in [0.3, 0.4) is 0 Å². The Labute approximate surface area is 87.6 Å². The zero-order valence-electron chi connectivity index (χ0n) is 7.76. The van der Waals surface area contributed by atoms with E-state index < -0.39 is 18.3 Å². The summed E-state index contributed by atoms with van der Waals surface area (Å²) in [5.74, 6) is -0.774. The molecule has 1 rings (SSSR count). The number of benzene rings is 1. The fourth-order valence-corrected chi connectivity index (χ4v) is 1.68. The molecular formula is C10H13ClO3. The second kappa shape index (κ2) is 4.75. The molecule has 0 amide bonds. The molecule has 2 atom stereocenters. The molecule has 14 heavy (non-hydrogen) atoms. The van der Waals surface area contributed by atoms with Crippen LogP contribution >= 0.6 is 11.6 Å². The maximum absolute atomic E-state index is 9.38. The van der Waals surface area contributed by atoms with E-state index in [-0.39, 0.29) is 0 Å². The molecule has 1 aromatic rings. The van der Waals surface area contributed by atoms with Gasteiger partial charge in [-0.05, 0) is 18.6 Å². The third-order valence-electron chi connectivity index (χ3n) is 2.11. The van der Waals surface area contributed by atoms with Gasteiger partial charge in [-0.15, -0.1) is 0 Å². The fourth-order valence-electron chi connectivity index (χ4n) is 1.42. The average Bonchev–Trinajstić information content (AvgIpc) is 2.07. The Hall–Kier alpha value is -0.610. The molecule has 0 saturated carbocycles. The van der Waals surface area contributed by atoms with Gasteiger partial charge in [0, 0.05) is 5.02 Å². The van der Waals surface area contributed by atoms with Crippen molar-refractivity contribution in [3.05, 3.63) is 34.9 Å². The molecule has 0 saturated heterocycles. The number of aliphatic hydroxyl groups excluding tert-OH is 2. The molecule has 0 fully saturated rings. The zero-order valence-corrected chi connectivity index (χ0v) is 8.52. The van der Waals surface area contributed by atoms with Crippen molar-refractivity contribution in [2.45, 2.75) is 25.2 Å². The maximum atomic E-state index is 9.38. The van der Waals surface area contributed by atoms with E-state index in [0.717, 1.165) is 0 Å². The van der Waals surface area contributed by atoms with Crippen molar-refractivity contribution < 1.29 is 15.3 Å². The van der Waals surface area contributed by atoms with Crippen LogP contribution in [0.1, 0.15) is 18.4 Å². The summed E-state index contributed by atoms with van der Waals surface area (Å²) in [5, 5.41) is 28.0. The fraction of sp³-hybridized carbons (Fsp3) is 0.400. The molecule has 0 aliphatic carbocycles. The van der Waals surface area contributed by atoms with Crippen LogP contribution in [-0.4, -0.2) is 27.7 Å². The van der Waals surface area contributed by atoms with Crippen molar-refractivity contribution in [3.8, 4) is 0 Å². The van der Waals surface area contributed by atoms with Gasteiger partial charge < -0.3 is 15.3 Å². The topological polar surface area (TPSA) is 60.7 Å². The highest BCUT2D eigenvalue weighted by molar-refractivity contribution is 6.31. The number of hydrogen-bond acceptors (Lipinski definition) is 3. The summed E-state index contributed by atoms with van der Waals surface area (Å²) in [6.45, 7) is 1.49. The van der Waals surface area contributed by atoms with E-state index >= 15 is 0 Å². The molecule has 0 bridgehead atoms. The molecule has 0 unspecified atom stereocenters. The maximum Gasteiger partial charge on any atom is 0.160 e. The minimum atomic E-state index is -1.62. The normalized spacial score (nSPS) is 15.6. The van der Waals surface area contributed by atoms with E-state index in [0.29, 0.717) is 10.6 Å². The quantitative estimate of drug-likeness (QED) is 0.664. The SMILES string of the molecule is C[C@@H](O)[C@@H](c1ccccc1Cl)C(O)O. The Kier molecular flexibility index (Phi) is 3.89. The van der Waals surface area contributed by atoms with Gasteiger partial charge in [0.05, 0.1) is 12.0 Å². The van der Waals surface area contributed by atoms with Crippen LogP contribution < -0.4 is 0 Å². The van der Waals surface area contributed by atoms with Gasteiger partial charge in [-0.2, -0.15) is 0 Å². The highest BCUT2D eigenvalue weighted by Gasteiger charge is 2.25. The number of halogens is 1. The first kappa shape index (κ1) is 11.5. The second-order valence-electron chi connectivity index (χ2n) is 3.20. The molecule has 3 nitrogen and oxygen atoms in total. The lowest BCUT2D eigenvalue weighted by Gasteiger charge is -2.22. The van der Waals surface area contributed by atoms with Crippen molar-refractivity contribution >= 4 is 11.6 Å². The van der Waals surface area contributed by atoms with Crippen LogP contribution in [0.5, 0.6) is 0 Å². The Morgan fingerprint density at radius 2 is 1.71 bits per heavy atom. The second-order valence-corrected chi connectivity index (χ2v) is 3.61. The Morgan fingerprint density at radius 3 is 2.14 bits per heavy atom. The van der Waals surface area contributed by atoms with Crippen LogP contribution in [0.15, 0.2) is 24.3 Å². The van der Waals surface area contributed by atoms with E-state index in [9.17, 15) is 5.11 Å². The summed E-state index contributed by atoms with van der Waals surface area (Å²) in [7, 11) is 0. The average molecular weight is 217 g/mol. The van der Waals surface area contributed by atoms with Crippen molar-refractivity contribution in [2.75, 3.05) is 0 Å². The molecular weight excluding hydrogens is 204 g/mol. The first-order chi connectivity index (χ1) is 6.54.